The summed E-state index contributed by atoms with van der Waals surface area (Å²) in [4.78, 5) is 14.9. The quantitative estimate of drug-likeness (QED) is 0.898. The fraction of sp³-hybridized carbons (Fsp3) is 0.381. The lowest BCUT2D eigenvalue weighted by molar-refractivity contribution is -0.128. The summed E-state index contributed by atoms with van der Waals surface area (Å²) in [6.45, 7) is 2.86. The van der Waals surface area contributed by atoms with Crippen molar-refractivity contribution in [3.8, 4) is 0 Å². The molecule has 2 aromatic carbocycles. The molecule has 0 unspecified atom stereocenters. The molecule has 2 heterocycles. The first-order valence-corrected chi connectivity index (χ1v) is 9.11. The molecular formula is C21H23FN2O2. The van der Waals surface area contributed by atoms with E-state index in [0.29, 0.717) is 6.54 Å². The van der Waals surface area contributed by atoms with Gasteiger partial charge in [-0.2, -0.15) is 0 Å². The number of carbonyl (C=O) groups excluding carboxylic acids is 1. The van der Waals surface area contributed by atoms with Gasteiger partial charge in [0.2, 0.25) is 5.91 Å². The Kier molecular flexibility index (Phi) is 5.00. The standard InChI is InChI=1S/C21H23FN2O2/c22-17-8-6-16(7-9-17)12-24-13-18-10-19(20(14-24)26-18)21(25)23-11-15-4-2-1-3-5-15/h1-9,18-20H,10-14H2,(H,23,25)/t18-,19+,20-/m0/s1. The molecule has 0 aliphatic carbocycles. The van der Waals surface area contributed by atoms with Crippen LogP contribution in [0.5, 0.6) is 0 Å². The molecule has 1 N–H and O–H groups in total. The fourth-order valence-corrected chi connectivity index (χ4v) is 3.91. The van der Waals surface area contributed by atoms with E-state index in [4.69, 9.17) is 4.74 Å². The molecule has 0 saturated carbocycles. The Morgan fingerprint density at radius 1 is 1.08 bits per heavy atom. The lowest BCUT2D eigenvalue weighted by Crippen LogP contribution is -2.44. The second-order valence-corrected chi connectivity index (χ2v) is 7.16. The monoisotopic (exact) mass is 354 g/mol. The van der Waals surface area contributed by atoms with E-state index in [9.17, 15) is 9.18 Å². The molecule has 4 nitrogen and oxygen atoms in total. The maximum absolute atomic E-state index is 13.1. The van der Waals surface area contributed by atoms with Crippen LogP contribution in [0.3, 0.4) is 0 Å². The van der Waals surface area contributed by atoms with Gasteiger partial charge in [0.1, 0.15) is 5.82 Å². The van der Waals surface area contributed by atoms with Gasteiger partial charge < -0.3 is 10.1 Å². The van der Waals surface area contributed by atoms with Crippen LogP contribution in [-0.4, -0.2) is 36.1 Å². The highest BCUT2D eigenvalue weighted by Gasteiger charge is 2.44. The molecular weight excluding hydrogens is 331 g/mol. The van der Waals surface area contributed by atoms with Gasteiger partial charge in [0.05, 0.1) is 18.1 Å². The number of rotatable bonds is 5. The van der Waals surface area contributed by atoms with Crippen LogP contribution in [0, 0.1) is 11.7 Å². The van der Waals surface area contributed by atoms with Gasteiger partial charge in [0.15, 0.2) is 0 Å². The number of morpholine rings is 1. The molecule has 2 aliphatic heterocycles. The van der Waals surface area contributed by atoms with E-state index < -0.39 is 0 Å². The third-order valence-corrected chi connectivity index (χ3v) is 5.20. The van der Waals surface area contributed by atoms with E-state index in [-0.39, 0.29) is 29.9 Å². The second kappa shape index (κ2) is 7.56. The van der Waals surface area contributed by atoms with Gasteiger partial charge in [-0.25, -0.2) is 4.39 Å². The van der Waals surface area contributed by atoms with Crippen LogP contribution in [0.25, 0.3) is 0 Å². The summed E-state index contributed by atoms with van der Waals surface area (Å²) in [5, 5.41) is 3.05. The van der Waals surface area contributed by atoms with E-state index in [1.807, 2.05) is 42.5 Å². The third kappa shape index (κ3) is 3.94. The van der Waals surface area contributed by atoms with Crippen molar-refractivity contribution in [1.29, 1.82) is 0 Å². The summed E-state index contributed by atoms with van der Waals surface area (Å²) in [5.41, 5.74) is 2.18. The van der Waals surface area contributed by atoms with Crippen molar-refractivity contribution in [2.24, 2.45) is 5.92 Å². The molecule has 2 aliphatic rings. The van der Waals surface area contributed by atoms with E-state index in [1.165, 1.54) is 12.1 Å². The van der Waals surface area contributed by atoms with Crippen molar-refractivity contribution in [2.75, 3.05) is 13.1 Å². The molecule has 2 aromatic rings. The molecule has 4 rings (SSSR count). The molecule has 1 amide bonds. The molecule has 0 spiro atoms. The Labute approximate surface area is 153 Å². The predicted octanol–water partition coefficient (Wildman–Crippen LogP) is 2.73. The van der Waals surface area contributed by atoms with Crippen LogP contribution in [0.4, 0.5) is 4.39 Å². The lowest BCUT2D eigenvalue weighted by atomic mass is 9.99. The van der Waals surface area contributed by atoms with E-state index in [0.717, 1.165) is 37.2 Å². The second-order valence-electron chi connectivity index (χ2n) is 7.16. The van der Waals surface area contributed by atoms with Gasteiger partial charge in [-0.3, -0.25) is 9.69 Å². The van der Waals surface area contributed by atoms with Gasteiger partial charge in [0.25, 0.3) is 0 Å². The summed E-state index contributed by atoms with van der Waals surface area (Å²) < 4.78 is 19.1. The molecule has 136 valence electrons. The Morgan fingerprint density at radius 2 is 1.85 bits per heavy atom. The van der Waals surface area contributed by atoms with E-state index in [1.54, 1.807) is 0 Å². The summed E-state index contributed by atoms with van der Waals surface area (Å²) in [6.07, 6.45) is 0.803. The number of nitrogens with one attached hydrogen (secondary N) is 1. The number of nitrogens with zero attached hydrogens (tertiary/aromatic N) is 1. The minimum absolute atomic E-state index is 0.0648. The minimum atomic E-state index is -0.217. The highest BCUT2D eigenvalue weighted by atomic mass is 19.1. The van der Waals surface area contributed by atoms with Gasteiger partial charge >= 0.3 is 0 Å². The molecule has 0 radical (unpaired) electrons. The van der Waals surface area contributed by atoms with Crippen molar-refractivity contribution in [1.82, 2.24) is 10.2 Å². The Hall–Kier alpha value is -2.24. The maximum atomic E-state index is 13.1. The molecule has 5 heteroatoms. The Bertz CT molecular complexity index is 750. The Morgan fingerprint density at radius 3 is 2.62 bits per heavy atom. The minimum Gasteiger partial charge on any atom is -0.371 e. The summed E-state index contributed by atoms with van der Waals surface area (Å²) in [6, 6.07) is 16.5. The average molecular weight is 354 g/mol. The first-order chi connectivity index (χ1) is 12.7. The summed E-state index contributed by atoms with van der Waals surface area (Å²) in [5.74, 6) is -0.238. The fourth-order valence-electron chi connectivity index (χ4n) is 3.91. The molecule has 26 heavy (non-hydrogen) atoms. The smallest absolute Gasteiger partial charge is 0.226 e. The van der Waals surface area contributed by atoms with Gasteiger partial charge in [-0.05, 0) is 29.7 Å². The Balaban J connectivity index is 1.33. The molecule has 2 bridgehead atoms. The maximum Gasteiger partial charge on any atom is 0.226 e. The number of likely N-dealkylation sites (tertiary alicyclic amines) is 1. The van der Waals surface area contributed by atoms with Crippen LogP contribution < -0.4 is 5.32 Å². The summed E-state index contributed by atoms with van der Waals surface area (Å²) >= 11 is 0. The van der Waals surface area contributed by atoms with Crippen LogP contribution in [-0.2, 0) is 22.6 Å². The van der Waals surface area contributed by atoms with Crippen molar-refractivity contribution in [3.63, 3.8) is 0 Å². The van der Waals surface area contributed by atoms with Gasteiger partial charge in [0, 0.05) is 26.2 Å². The number of ether oxygens (including phenoxy) is 1. The number of hydrogen-bond acceptors (Lipinski definition) is 3. The first kappa shape index (κ1) is 17.2. The van der Waals surface area contributed by atoms with Crippen molar-refractivity contribution in [2.45, 2.75) is 31.7 Å². The molecule has 2 fully saturated rings. The highest BCUT2D eigenvalue weighted by Crippen LogP contribution is 2.32. The number of hydrogen-bond donors (Lipinski definition) is 1. The molecule has 0 aromatic heterocycles. The zero-order valence-corrected chi connectivity index (χ0v) is 14.6. The van der Waals surface area contributed by atoms with Crippen molar-refractivity contribution < 1.29 is 13.9 Å². The van der Waals surface area contributed by atoms with Crippen LogP contribution >= 0.6 is 0 Å². The first-order valence-electron chi connectivity index (χ1n) is 9.11. The van der Waals surface area contributed by atoms with Crippen molar-refractivity contribution in [3.05, 3.63) is 71.5 Å². The zero-order chi connectivity index (χ0) is 17.9. The SMILES string of the molecule is O=C(NCc1ccccc1)[C@@H]1C[C@H]2CN(Cc3ccc(F)cc3)C[C@@H]1O2. The normalized spacial score (nSPS) is 25.2. The zero-order valence-electron chi connectivity index (χ0n) is 14.6. The number of fused-ring (bicyclic) bond motifs is 2. The van der Waals surface area contributed by atoms with Crippen LogP contribution in [0.2, 0.25) is 0 Å². The molecule has 3 atom stereocenters. The van der Waals surface area contributed by atoms with Gasteiger partial charge in [-0.1, -0.05) is 42.5 Å². The lowest BCUT2D eigenvalue weighted by Gasteiger charge is -2.32. The number of benzene rings is 2. The van der Waals surface area contributed by atoms with E-state index in [2.05, 4.69) is 10.2 Å². The number of carbonyl (C=O) groups is 1. The van der Waals surface area contributed by atoms with Crippen LogP contribution in [0.1, 0.15) is 17.5 Å². The van der Waals surface area contributed by atoms with Crippen LogP contribution in [0.15, 0.2) is 54.6 Å². The largest absolute Gasteiger partial charge is 0.371 e. The number of halogens is 1. The average Bonchev–Trinajstić information content (AvgIpc) is 2.97. The predicted molar refractivity (Wildman–Crippen MR) is 96.7 cm³/mol. The highest BCUT2D eigenvalue weighted by molar-refractivity contribution is 5.79. The topological polar surface area (TPSA) is 41.6 Å². The van der Waals surface area contributed by atoms with Crippen molar-refractivity contribution >= 4 is 5.91 Å². The molecule has 2 saturated heterocycles. The van der Waals surface area contributed by atoms with Gasteiger partial charge in [-0.15, -0.1) is 0 Å². The third-order valence-electron chi connectivity index (χ3n) is 5.20. The number of amides is 1. The summed E-state index contributed by atoms with van der Waals surface area (Å²) in [7, 11) is 0. The van der Waals surface area contributed by atoms with E-state index >= 15 is 0 Å².